The first kappa shape index (κ1) is 12.1. The van der Waals surface area contributed by atoms with E-state index in [2.05, 4.69) is 39.5 Å². The molecule has 0 spiro atoms. The third-order valence-electron chi connectivity index (χ3n) is 3.52. The molecule has 1 fully saturated rings. The summed E-state index contributed by atoms with van der Waals surface area (Å²) in [5.41, 5.74) is 2.05. The van der Waals surface area contributed by atoms with Gasteiger partial charge in [0, 0.05) is 31.6 Å². The van der Waals surface area contributed by atoms with Crippen LogP contribution in [0.15, 0.2) is 36.4 Å². The van der Waals surface area contributed by atoms with Crippen molar-refractivity contribution in [2.75, 3.05) is 19.6 Å². The first-order valence-corrected chi connectivity index (χ1v) is 6.56. The highest BCUT2D eigenvalue weighted by Crippen LogP contribution is 2.14. The molecule has 2 heterocycles. The van der Waals surface area contributed by atoms with Gasteiger partial charge < -0.3 is 5.32 Å². The number of aromatic nitrogens is 1. The van der Waals surface area contributed by atoms with Gasteiger partial charge in [0.2, 0.25) is 0 Å². The number of fused-ring (bicyclic) bond motifs is 1. The quantitative estimate of drug-likeness (QED) is 0.880. The molecule has 4 heteroatoms. The Balaban J connectivity index is 1.82. The van der Waals surface area contributed by atoms with Crippen LogP contribution in [0.2, 0.25) is 0 Å². The summed E-state index contributed by atoms with van der Waals surface area (Å²) in [7, 11) is 0. The lowest BCUT2D eigenvalue weighted by Crippen LogP contribution is -2.50. The Kier molecular flexibility index (Phi) is 3.41. The second kappa shape index (κ2) is 5.35. The van der Waals surface area contributed by atoms with Gasteiger partial charge in [-0.1, -0.05) is 24.3 Å². The molecule has 19 heavy (non-hydrogen) atoms. The van der Waals surface area contributed by atoms with Crippen molar-refractivity contribution in [3.05, 3.63) is 42.1 Å². The van der Waals surface area contributed by atoms with Crippen LogP contribution in [0.1, 0.15) is 5.69 Å². The average molecular weight is 252 g/mol. The van der Waals surface area contributed by atoms with Crippen molar-refractivity contribution in [2.45, 2.75) is 12.6 Å². The largest absolute Gasteiger partial charge is 0.313 e. The van der Waals surface area contributed by atoms with E-state index in [0.717, 1.165) is 42.8 Å². The van der Waals surface area contributed by atoms with Crippen molar-refractivity contribution >= 4 is 10.9 Å². The van der Waals surface area contributed by atoms with Crippen molar-refractivity contribution in [1.82, 2.24) is 15.2 Å². The molecule has 1 N–H and O–H groups in total. The van der Waals surface area contributed by atoms with Gasteiger partial charge in [0.05, 0.1) is 17.3 Å². The Hall–Kier alpha value is -1.96. The van der Waals surface area contributed by atoms with Crippen LogP contribution >= 0.6 is 0 Å². The maximum Gasteiger partial charge on any atom is 0.111 e. The fourth-order valence-corrected chi connectivity index (χ4v) is 2.47. The van der Waals surface area contributed by atoms with E-state index in [-0.39, 0.29) is 6.04 Å². The van der Waals surface area contributed by atoms with Gasteiger partial charge in [-0.25, -0.2) is 0 Å². The Bertz CT molecular complexity index is 617. The van der Waals surface area contributed by atoms with E-state index >= 15 is 0 Å². The van der Waals surface area contributed by atoms with Gasteiger partial charge in [-0.15, -0.1) is 0 Å². The zero-order valence-corrected chi connectivity index (χ0v) is 10.7. The monoisotopic (exact) mass is 252 g/mol. The van der Waals surface area contributed by atoms with Crippen LogP contribution in [0, 0.1) is 11.3 Å². The van der Waals surface area contributed by atoms with E-state index in [4.69, 9.17) is 5.26 Å². The minimum absolute atomic E-state index is 0.0537. The molecule has 96 valence electrons. The fourth-order valence-electron chi connectivity index (χ4n) is 2.47. The summed E-state index contributed by atoms with van der Waals surface area (Å²) in [6.45, 7) is 3.31. The third-order valence-corrected chi connectivity index (χ3v) is 3.52. The van der Waals surface area contributed by atoms with E-state index in [9.17, 15) is 0 Å². The third kappa shape index (κ3) is 2.58. The van der Waals surface area contributed by atoms with Gasteiger partial charge in [0.15, 0.2) is 0 Å². The normalized spacial score (nSPS) is 20.3. The van der Waals surface area contributed by atoms with Gasteiger partial charge in [-0.2, -0.15) is 5.26 Å². The minimum Gasteiger partial charge on any atom is -0.313 e. The SMILES string of the molecule is N#CC1CNCCN1Cc1ccc2ccccc2n1. The fraction of sp³-hybridized carbons (Fsp3) is 0.333. The minimum atomic E-state index is -0.0537. The second-order valence-corrected chi connectivity index (χ2v) is 4.81. The Labute approximate surface area is 112 Å². The molecule has 0 aliphatic carbocycles. The number of nitrogens with one attached hydrogen (secondary N) is 1. The Morgan fingerprint density at radius 3 is 3.11 bits per heavy atom. The van der Waals surface area contributed by atoms with E-state index in [1.165, 1.54) is 0 Å². The lowest BCUT2D eigenvalue weighted by molar-refractivity contribution is 0.187. The van der Waals surface area contributed by atoms with Crippen LogP contribution in [0.5, 0.6) is 0 Å². The second-order valence-electron chi connectivity index (χ2n) is 4.81. The summed E-state index contributed by atoms with van der Waals surface area (Å²) < 4.78 is 0. The predicted molar refractivity (Wildman–Crippen MR) is 74.4 cm³/mol. The number of piperazine rings is 1. The molecule has 1 aliphatic rings. The lowest BCUT2D eigenvalue weighted by Gasteiger charge is -2.31. The number of hydrogen-bond acceptors (Lipinski definition) is 4. The predicted octanol–water partition coefficient (Wildman–Crippen LogP) is 1.53. The average Bonchev–Trinajstić information content (AvgIpc) is 2.48. The molecule has 0 bridgehead atoms. The summed E-state index contributed by atoms with van der Waals surface area (Å²) in [4.78, 5) is 6.85. The first-order valence-electron chi connectivity index (χ1n) is 6.56. The number of benzene rings is 1. The summed E-state index contributed by atoms with van der Waals surface area (Å²) in [6.07, 6.45) is 0. The van der Waals surface area contributed by atoms with Gasteiger partial charge >= 0.3 is 0 Å². The molecule has 1 unspecified atom stereocenters. The molecule has 1 aromatic heterocycles. The number of nitriles is 1. The van der Waals surface area contributed by atoms with Gasteiger partial charge in [0.25, 0.3) is 0 Å². The zero-order chi connectivity index (χ0) is 13.1. The molecular weight excluding hydrogens is 236 g/mol. The van der Waals surface area contributed by atoms with Crippen molar-refractivity contribution in [2.24, 2.45) is 0 Å². The van der Waals surface area contributed by atoms with Crippen LogP contribution in [-0.2, 0) is 6.54 Å². The Morgan fingerprint density at radius 2 is 2.21 bits per heavy atom. The zero-order valence-electron chi connectivity index (χ0n) is 10.7. The molecule has 1 atom stereocenters. The maximum atomic E-state index is 9.16. The molecule has 0 amide bonds. The lowest BCUT2D eigenvalue weighted by atomic mass is 10.1. The van der Waals surface area contributed by atoms with Crippen molar-refractivity contribution in [3.63, 3.8) is 0 Å². The number of pyridine rings is 1. The summed E-state index contributed by atoms with van der Waals surface area (Å²) in [5.74, 6) is 0. The van der Waals surface area contributed by atoms with Gasteiger partial charge in [-0.05, 0) is 12.1 Å². The number of para-hydroxylation sites is 1. The van der Waals surface area contributed by atoms with E-state index in [1.54, 1.807) is 0 Å². The summed E-state index contributed by atoms with van der Waals surface area (Å²) in [6, 6.07) is 14.6. The van der Waals surface area contributed by atoms with Crippen LogP contribution in [0.4, 0.5) is 0 Å². The topological polar surface area (TPSA) is 52.0 Å². The molecule has 4 nitrogen and oxygen atoms in total. The van der Waals surface area contributed by atoms with Crippen LogP contribution in [0.3, 0.4) is 0 Å². The Morgan fingerprint density at radius 1 is 1.32 bits per heavy atom. The van der Waals surface area contributed by atoms with E-state index in [1.807, 2.05) is 18.2 Å². The summed E-state index contributed by atoms with van der Waals surface area (Å²) >= 11 is 0. The molecule has 2 aromatic rings. The van der Waals surface area contributed by atoms with Crippen molar-refractivity contribution in [3.8, 4) is 6.07 Å². The maximum absolute atomic E-state index is 9.16. The molecule has 0 saturated carbocycles. The molecular formula is C15H16N4. The van der Waals surface area contributed by atoms with Crippen LogP contribution < -0.4 is 5.32 Å². The first-order chi connectivity index (χ1) is 9.36. The molecule has 0 radical (unpaired) electrons. The number of hydrogen-bond donors (Lipinski definition) is 1. The molecule has 1 aliphatic heterocycles. The van der Waals surface area contributed by atoms with Crippen LogP contribution in [-0.4, -0.2) is 35.6 Å². The van der Waals surface area contributed by atoms with Gasteiger partial charge in [-0.3, -0.25) is 9.88 Å². The van der Waals surface area contributed by atoms with E-state index < -0.39 is 0 Å². The molecule has 1 saturated heterocycles. The highest BCUT2D eigenvalue weighted by Gasteiger charge is 2.21. The van der Waals surface area contributed by atoms with Crippen molar-refractivity contribution < 1.29 is 0 Å². The molecule has 3 rings (SSSR count). The van der Waals surface area contributed by atoms with E-state index in [0.29, 0.717) is 0 Å². The van der Waals surface area contributed by atoms with Crippen molar-refractivity contribution in [1.29, 1.82) is 5.26 Å². The number of rotatable bonds is 2. The van der Waals surface area contributed by atoms with Gasteiger partial charge in [0.1, 0.15) is 6.04 Å². The standard InChI is InChI=1S/C15H16N4/c16-9-14-10-17-7-8-19(14)11-13-6-5-12-3-1-2-4-15(12)18-13/h1-6,14,17H,7-8,10-11H2. The highest BCUT2D eigenvalue weighted by atomic mass is 15.2. The highest BCUT2D eigenvalue weighted by molar-refractivity contribution is 5.78. The summed E-state index contributed by atoms with van der Waals surface area (Å²) in [5, 5.41) is 13.6. The van der Waals surface area contributed by atoms with Crippen LogP contribution in [0.25, 0.3) is 10.9 Å². The smallest absolute Gasteiger partial charge is 0.111 e. The molecule has 1 aromatic carbocycles. The number of nitrogens with zero attached hydrogens (tertiary/aromatic N) is 3.